The van der Waals surface area contributed by atoms with E-state index in [9.17, 15) is 0 Å². The predicted molar refractivity (Wildman–Crippen MR) is 90.5 cm³/mol. The summed E-state index contributed by atoms with van der Waals surface area (Å²) in [7, 11) is 1.71. The average molecular weight is 283 g/mol. The van der Waals surface area contributed by atoms with Crippen LogP contribution in [0.1, 0.15) is 12.1 Å². The van der Waals surface area contributed by atoms with Crippen molar-refractivity contribution in [3.05, 3.63) is 42.2 Å². The molecule has 1 heterocycles. The fourth-order valence-corrected chi connectivity index (χ4v) is 2.13. The summed E-state index contributed by atoms with van der Waals surface area (Å²) in [6.07, 6.45) is 4.15. The first-order valence-corrected chi connectivity index (χ1v) is 6.98. The molecule has 5 N–H and O–H groups in total. The van der Waals surface area contributed by atoms with Gasteiger partial charge in [-0.2, -0.15) is 0 Å². The van der Waals surface area contributed by atoms with E-state index in [1.54, 1.807) is 13.3 Å². The van der Waals surface area contributed by atoms with Crippen molar-refractivity contribution in [2.45, 2.75) is 6.42 Å². The van der Waals surface area contributed by atoms with Crippen LogP contribution >= 0.6 is 0 Å². The minimum Gasteiger partial charge on any atom is -0.404 e. The highest BCUT2D eigenvalue weighted by atomic mass is 14.9. The fraction of sp³-hybridized carbons (Fsp3) is 0.250. The van der Waals surface area contributed by atoms with Crippen molar-refractivity contribution < 1.29 is 0 Å². The van der Waals surface area contributed by atoms with Crippen LogP contribution in [0.3, 0.4) is 0 Å². The number of hydrogen-bond donors (Lipinski definition) is 3. The summed E-state index contributed by atoms with van der Waals surface area (Å²) in [4.78, 5) is 8.67. The zero-order chi connectivity index (χ0) is 15.1. The third kappa shape index (κ3) is 3.58. The lowest BCUT2D eigenvalue weighted by molar-refractivity contribution is 0.875. The highest BCUT2D eigenvalue weighted by molar-refractivity contribution is 6.10. The summed E-state index contributed by atoms with van der Waals surface area (Å²) in [6, 6.07) is 10.0. The highest BCUT2D eigenvalue weighted by Crippen LogP contribution is 2.25. The van der Waals surface area contributed by atoms with Crippen LogP contribution in [0.4, 0.5) is 5.69 Å². The molecule has 0 atom stereocenters. The molecule has 2 rings (SSSR count). The van der Waals surface area contributed by atoms with Gasteiger partial charge in [0.2, 0.25) is 0 Å². The summed E-state index contributed by atoms with van der Waals surface area (Å²) >= 11 is 0. The Labute approximate surface area is 124 Å². The maximum Gasteiger partial charge on any atom is 0.0760 e. The Kier molecular flexibility index (Phi) is 5.29. The lowest BCUT2D eigenvalue weighted by Crippen LogP contribution is -2.09. The number of pyridine rings is 1. The molecule has 0 bridgehead atoms. The number of fused-ring (bicyclic) bond motifs is 1. The van der Waals surface area contributed by atoms with Crippen LogP contribution in [0.2, 0.25) is 0 Å². The quantitative estimate of drug-likeness (QED) is 0.558. The maximum atomic E-state index is 5.68. The fourth-order valence-electron chi connectivity index (χ4n) is 2.13. The molecule has 1 aromatic carbocycles. The molecule has 5 heteroatoms. The van der Waals surface area contributed by atoms with E-state index in [0.717, 1.165) is 40.8 Å². The van der Waals surface area contributed by atoms with Gasteiger partial charge >= 0.3 is 0 Å². The molecule has 21 heavy (non-hydrogen) atoms. The van der Waals surface area contributed by atoms with E-state index < -0.39 is 0 Å². The van der Waals surface area contributed by atoms with E-state index in [4.69, 9.17) is 11.5 Å². The lowest BCUT2D eigenvalue weighted by Gasteiger charge is -2.12. The molecule has 0 saturated carbocycles. The van der Waals surface area contributed by atoms with E-state index in [0.29, 0.717) is 6.54 Å². The standard InChI is InChI=1S/C16H21N5/c1-19-11-12(10-18)15-9-16(20-8-4-7-17)13-5-2-3-6-14(13)21-15/h2-3,5-6,9-11H,4,7-8,17-18H2,1H3,(H,20,21)/b12-10+,19-11?. The van der Waals surface area contributed by atoms with Crippen molar-refractivity contribution in [2.24, 2.45) is 16.5 Å². The van der Waals surface area contributed by atoms with Gasteiger partial charge in [0.25, 0.3) is 0 Å². The monoisotopic (exact) mass is 283 g/mol. The van der Waals surface area contributed by atoms with Gasteiger partial charge < -0.3 is 16.8 Å². The minimum atomic E-state index is 0.666. The van der Waals surface area contributed by atoms with Crippen LogP contribution in [-0.4, -0.2) is 31.3 Å². The zero-order valence-electron chi connectivity index (χ0n) is 12.2. The van der Waals surface area contributed by atoms with Crippen molar-refractivity contribution in [3.63, 3.8) is 0 Å². The molecular weight excluding hydrogens is 262 g/mol. The average Bonchev–Trinajstić information content (AvgIpc) is 2.52. The Bertz CT molecular complexity index is 661. The molecule has 0 aliphatic heterocycles. The largest absolute Gasteiger partial charge is 0.404 e. The molecule has 110 valence electrons. The Morgan fingerprint density at radius 1 is 1.38 bits per heavy atom. The molecule has 0 radical (unpaired) electrons. The number of rotatable bonds is 6. The second-order valence-electron chi connectivity index (χ2n) is 4.65. The number of hydrogen-bond acceptors (Lipinski definition) is 5. The molecule has 0 fully saturated rings. The minimum absolute atomic E-state index is 0.666. The molecule has 0 saturated heterocycles. The lowest BCUT2D eigenvalue weighted by atomic mass is 10.1. The Balaban J connectivity index is 2.48. The van der Waals surface area contributed by atoms with Gasteiger partial charge in [0.15, 0.2) is 0 Å². The summed E-state index contributed by atoms with van der Waals surface area (Å²) in [5.74, 6) is 0. The highest BCUT2D eigenvalue weighted by Gasteiger charge is 2.07. The third-order valence-electron chi connectivity index (χ3n) is 3.16. The van der Waals surface area contributed by atoms with Crippen LogP contribution in [0.15, 0.2) is 41.5 Å². The number of aliphatic imine (C=N–C) groups is 1. The summed E-state index contributed by atoms with van der Waals surface area (Å²) in [6.45, 7) is 1.49. The first kappa shape index (κ1) is 15.0. The van der Waals surface area contributed by atoms with Crippen LogP contribution in [0, 0.1) is 0 Å². The SMILES string of the molecule is CN=C/C(=C\N)c1cc(NCCCN)c2ccccc2n1. The topological polar surface area (TPSA) is 89.3 Å². The van der Waals surface area contributed by atoms with Gasteiger partial charge in [-0.3, -0.25) is 4.99 Å². The van der Waals surface area contributed by atoms with Crippen LogP contribution in [-0.2, 0) is 0 Å². The van der Waals surface area contributed by atoms with Gasteiger partial charge in [0, 0.05) is 42.7 Å². The van der Waals surface area contributed by atoms with E-state index in [1.807, 2.05) is 24.3 Å². The van der Waals surface area contributed by atoms with Crippen LogP contribution < -0.4 is 16.8 Å². The van der Waals surface area contributed by atoms with E-state index in [1.165, 1.54) is 6.20 Å². The number of nitrogens with two attached hydrogens (primary N) is 2. The molecule has 0 amide bonds. The summed E-state index contributed by atoms with van der Waals surface area (Å²) in [5, 5.41) is 4.50. The number of aromatic nitrogens is 1. The summed E-state index contributed by atoms with van der Waals surface area (Å²) < 4.78 is 0. The number of nitrogens with one attached hydrogen (secondary N) is 1. The van der Waals surface area contributed by atoms with Crippen LogP contribution in [0.5, 0.6) is 0 Å². The van der Waals surface area contributed by atoms with E-state index in [-0.39, 0.29) is 0 Å². The third-order valence-corrected chi connectivity index (χ3v) is 3.16. The Morgan fingerprint density at radius 3 is 2.90 bits per heavy atom. The van der Waals surface area contributed by atoms with Crippen LogP contribution in [0.25, 0.3) is 16.5 Å². The van der Waals surface area contributed by atoms with Gasteiger partial charge in [-0.25, -0.2) is 4.98 Å². The second-order valence-corrected chi connectivity index (χ2v) is 4.65. The van der Waals surface area contributed by atoms with Gasteiger partial charge in [-0.05, 0) is 25.1 Å². The molecule has 5 nitrogen and oxygen atoms in total. The first-order valence-electron chi connectivity index (χ1n) is 6.98. The van der Waals surface area contributed by atoms with E-state index >= 15 is 0 Å². The number of anilines is 1. The normalized spacial score (nSPS) is 12.2. The van der Waals surface area contributed by atoms with Gasteiger partial charge in [-0.15, -0.1) is 0 Å². The molecule has 2 aromatic rings. The molecule has 0 aliphatic carbocycles. The molecular formula is C16H21N5. The van der Waals surface area contributed by atoms with E-state index in [2.05, 4.69) is 21.4 Å². The Morgan fingerprint density at radius 2 is 2.19 bits per heavy atom. The predicted octanol–water partition coefficient (Wildman–Crippen LogP) is 2.00. The molecule has 0 unspecified atom stereocenters. The van der Waals surface area contributed by atoms with Crippen molar-refractivity contribution in [2.75, 3.05) is 25.5 Å². The van der Waals surface area contributed by atoms with Crippen molar-refractivity contribution in [1.82, 2.24) is 4.98 Å². The zero-order valence-corrected chi connectivity index (χ0v) is 12.2. The van der Waals surface area contributed by atoms with Gasteiger partial charge in [-0.1, -0.05) is 18.2 Å². The molecule has 1 aromatic heterocycles. The molecule has 0 aliphatic rings. The Hall–Kier alpha value is -2.40. The van der Waals surface area contributed by atoms with Crippen molar-refractivity contribution >= 4 is 28.4 Å². The number of para-hydroxylation sites is 1. The number of benzene rings is 1. The van der Waals surface area contributed by atoms with Gasteiger partial charge in [0.1, 0.15) is 0 Å². The maximum absolute atomic E-state index is 5.68. The van der Waals surface area contributed by atoms with Gasteiger partial charge in [0.05, 0.1) is 11.2 Å². The second kappa shape index (κ2) is 7.40. The van der Waals surface area contributed by atoms with Crippen molar-refractivity contribution in [3.8, 4) is 0 Å². The van der Waals surface area contributed by atoms with Crippen molar-refractivity contribution in [1.29, 1.82) is 0 Å². The molecule has 0 spiro atoms. The number of allylic oxidation sites excluding steroid dienone is 1. The first-order chi connectivity index (χ1) is 10.3. The smallest absolute Gasteiger partial charge is 0.0760 e. The number of nitrogens with zero attached hydrogens (tertiary/aromatic N) is 2. The summed E-state index contributed by atoms with van der Waals surface area (Å²) in [5.41, 5.74) is 14.8.